The lowest BCUT2D eigenvalue weighted by atomic mass is 10.2. The van der Waals surface area contributed by atoms with Gasteiger partial charge in [0.1, 0.15) is 17.6 Å². The summed E-state index contributed by atoms with van der Waals surface area (Å²) in [5.41, 5.74) is 0. The second-order valence-corrected chi connectivity index (χ2v) is 3.64. The van der Waals surface area contributed by atoms with E-state index in [4.69, 9.17) is 15.9 Å². The Bertz CT molecular complexity index is 473. The molecule has 1 aromatic heterocycles. The first-order chi connectivity index (χ1) is 8.52. The summed E-state index contributed by atoms with van der Waals surface area (Å²) in [6, 6.07) is 1.80. The van der Waals surface area contributed by atoms with Crippen LogP contribution in [0.3, 0.4) is 0 Å². The van der Waals surface area contributed by atoms with Gasteiger partial charge < -0.3 is 20.2 Å². The second kappa shape index (κ2) is 6.35. The largest absolute Gasteiger partial charge is 0.480 e. The van der Waals surface area contributed by atoms with Crippen molar-refractivity contribution in [3.05, 3.63) is 23.7 Å². The van der Waals surface area contributed by atoms with Crippen LogP contribution < -0.4 is 10.6 Å². The van der Waals surface area contributed by atoms with Crippen LogP contribution in [0.2, 0.25) is 0 Å². The first kappa shape index (κ1) is 13.6. The molecule has 0 radical (unpaired) electrons. The number of furan rings is 1. The second-order valence-electron chi connectivity index (χ2n) is 3.64. The Labute approximate surface area is 104 Å². The molecule has 1 aromatic rings. The average molecular weight is 250 g/mol. The number of carbonyl (C=O) groups is 2. The van der Waals surface area contributed by atoms with E-state index in [2.05, 4.69) is 16.6 Å². The maximum absolute atomic E-state index is 11.4. The van der Waals surface area contributed by atoms with Crippen molar-refractivity contribution in [2.45, 2.75) is 25.9 Å². The summed E-state index contributed by atoms with van der Waals surface area (Å²) >= 11 is 0. The number of amides is 2. The highest BCUT2D eigenvalue weighted by Crippen LogP contribution is 2.05. The molecule has 0 aliphatic heterocycles. The van der Waals surface area contributed by atoms with E-state index >= 15 is 0 Å². The number of hydrogen-bond acceptors (Lipinski definition) is 3. The zero-order chi connectivity index (χ0) is 13.5. The standard InChI is InChI=1S/C12H14N2O4/c1-3-4-10(11(15)16)14-12(17)13-7-9-6-5-8(2)18-9/h1,5-6,10H,4,7H2,2H3,(H,15,16)(H2,13,14,17). The van der Waals surface area contributed by atoms with Crippen LogP contribution in [0, 0.1) is 19.3 Å². The third-order valence-corrected chi connectivity index (χ3v) is 2.14. The van der Waals surface area contributed by atoms with E-state index in [0.717, 1.165) is 5.76 Å². The molecule has 6 heteroatoms. The summed E-state index contributed by atoms with van der Waals surface area (Å²) in [4.78, 5) is 22.2. The van der Waals surface area contributed by atoms with Crippen LogP contribution in [0.25, 0.3) is 0 Å². The van der Waals surface area contributed by atoms with Crippen LogP contribution in [-0.2, 0) is 11.3 Å². The summed E-state index contributed by atoms with van der Waals surface area (Å²) in [6.45, 7) is 1.97. The van der Waals surface area contributed by atoms with E-state index < -0.39 is 18.0 Å². The number of nitrogens with one attached hydrogen (secondary N) is 2. The van der Waals surface area contributed by atoms with Crippen LogP contribution in [0.5, 0.6) is 0 Å². The van der Waals surface area contributed by atoms with Gasteiger partial charge in [-0.05, 0) is 19.1 Å². The van der Waals surface area contributed by atoms with Crippen LogP contribution in [0.4, 0.5) is 4.79 Å². The van der Waals surface area contributed by atoms with Crippen molar-refractivity contribution < 1.29 is 19.1 Å². The molecule has 0 fully saturated rings. The molecule has 1 rings (SSSR count). The molecule has 18 heavy (non-hydrogen) atoms. The molecule has 96 valence electrons. The Hall–Kier alpha value is -2.42. The highest BCUT2D eigenvalue weighted by Gasteiger charge is 2.18. The Morgan fingerprint density at radius 3 is 2.78 bits per heavy atom. The van der Waals surface area contributed by atoms with Crippen molar-refractivity contribution in [2.75, 3.05) is 0 Å². The van der Waals surface area contributed by atoms with Gasteiger partial charge in [-0.2, -0.15) is 0 Å². The van der Waals surface area contributed by atoms with Crippen LogP contribution in [0.15, 0.2) is 16.5 Å². The lowest BCUT2D eigenvalue weighted by Crippen LogP contribution is -2.45. The van der Waals surface area contributed by atoms with Crippen molar-refractivity contribution in [1.29, 1.82) is 0 Å². The summed E-state index contributed by atoms with van der Waals surface area (Å²) < 4.78 is 5.24. The number of carboxylic acids is 1. The van der Waals surface area contributed by atoms with E-state index in [1.165, 1.54) is 0 Å². The van der Waals surface area contributed by atoms with Crippen LogP contribution >= 0.6 is 0 Å². The summed E-state index contributed by atoms with van der Waals surface area (Å²) in [5.74, 6) is 2.35. The monoisotopic (exact) mass is 250 g/mol. The molecule has 1 atom stereocenters. The quantitative estimate of drug-likeness (QED) is 0.676. The molecule has 6 nitrogen and oxygen atoms in total. The minimum atomic E-state index is -1.17. The van der Waals surface area contributed by atoms with Gasteiger partial charge in [0.05, 0.1) is 6.54 Å². The number of rotatable bonds is 5. The highest BCUT2D eigenvalue weighted by atomic mass is 16.4. The first-order valence-electron chi connectivity index (χ1n) is 5.29. The summed E-state index contributed by atoms with van der Waals surface area (Å²) in [5, 5.41) is 13.5. The van der Waals surface area contributed by atoms with Crippen LogP contribution in [-0.4, -0.2) is 23.1 Å². The minimum absolute atomic E-state index is 0.0669. The van der Waals surface area contributed by atoms with Crippen LogP contribution in [0.1, 0.15) is 17.9 Å². The smallest absolute Gasteiger partial charge is 0.327 e. The lowest BCUT2D eigenvalue weighted by Gasteiger charge is -2.12. The zero-order valence-corrected chi connectivity index (χ0v) is 9.90. The van der Waals surface area contributed by atoms with Crippen molar-refractivity contribution >= 4 is 12.0 Å². The van der Waals surface area contributed by atoms with Gasteiger partial charge in [0.25, 0.3) is 0 Å². The van der Waals surface area contributed by atoms with Crippen molar-refractivity contribution in [1.82, 2.24) is 10.6 Å². The van der Waals surface area contributed by atoms with Gasteiger partial charge in [-0.25, -0.2) is 9.59 Å². The molecule has 1 unspecified atom stereocenters. The number of urea groups is 1. The summed E-state index contributed by atoms with van der Waals surface area (Å²) in [7, 11) is 0. The van der Waals surface area contributed by atoms with Gasteiger partial charge in [0, 0.05) is 6.42 Å². The predicted molar refractivity (Wildman–Crippen MR) is 63.7 cm³/mol. The molecule has 0 saturated heterocycles. The lowest BCUT2D eigenvalue weighted by molar-refractivity contribution is -0.139. The van der Waals surface area contributed by atoms with Gasteiger partial charge in [-0.1, -0.05) is 0 Å². The van der Waals surface area contributed by atoms with Gasteiger partial charge in [0.2, 0.25) is 0 Å². The van der Waals surface area contributed by atoms with E-state index in [-0.39, 0.29) is 13.0 Å². The van der Waals surface area contributed by atoms with Gasteiger partial charge >= 0.3 is 12.0 Å². The molecular weight excluding hydrogens is 236 g/mol. The van der Waals surface area contributed by atoms with E-state index in [1.54, 1.807) is 19.1 Å². The molecule has 1 heterocycles. The maximum atomic E-state index is 11.4. The SMILES string of the molecule is C#CCC(NC(=O)NCc1ccc(C)o1)C(=O)O. The van der Waals surface area contributed by atoms with E-state index in [1.807, 2.05) is 0 Å². The molecule has 0 aliphatic rings. The third kappa shape index (κ3) is 4.22. The molecule has 0 bridgehead atoms. The minimum Gasteiger partial charge on any atom is -0.480 e. The Balaban J connectivity index is 2.41. The fraction of sp³-hybridized carbons (Fsp3) is 0.333. The van der Waals surface area contributed by atoms with Crippen molar-refractivity contribution in [3.63, 3.8) is 0 Å². The average Bonchev–Trinajstić information content (AvgIpc) is 2.72. The molecule has 0 spiro atoms. The highest BCUT2D eigenvalue weighted by molar-refractivity contribution is 5.82. The molecule has 2 amide bonds. The molecule has 0 aromatic carbocycles. The number of carbonyl (C=O) groups excluding carboxylic acids is 1. The fourth-order valence-electron chi connectivity index (χ4n) is 1.27. The number of aryl methyl sites for hydroxylation is 1. The number of hydrogen-bond donors (Lipinski definition) is 3. The molecule has 0 saturated carbocycles. The third-order valence-electron chi connectivity index (χ3n) is 2.14. The number of terminal acetylenes is 1. The Morgan fingerprint density at radius 1 is 1.56 bits per heavy atom. The van der Waals surface area contributed by atoms with E-state index in [9.17, 15) is 9.59 Å². The zero-order valence-electron chi connectivity index (χ0n) is 9.90. The topological polar surface area (TPSA) is 91.6 Å². The van der Waals surface area contributed by atoms with Gasteiger partial charge in [-0.15, -0.1) is 12.3 Å². The summed E-state index contributed by atoms with van der Waals surface area (Å²) in [6.07, 6.45) is 4.94. The van der Waals surface area contributed by atoms with Crippen molar-refractivity contribution in [3.8, 4) is 12.3 Å². The number of carboxylic acid groups (broad SMARTS) is 1. The predicted octanol–water partition coefficient (Wildman–Crippen LogP) is 0.864. The number of aliphatic carboxylic acids is 1. The fourth-order valence-corrected chi connectivity index (χ4v) is 1.27. The first-order valence-corrected chi connectivity index (χ1v) is 5.29. The van der Waals surface area contributed by atoms with E-state index in [0.29, 0.717) is 5.76 Å². The normalized spacial score (nSPS) is 11.3. The van der Waals surface area contributed by atoms with Gasteiger partial charge in [-0.3, -0.25) is 0 Å². The molecule has 0 aliphatic carbocycles. The Kier molecular flexibility index (Phi) is 4.81. The Morgan fingerprint density at radius 2 is 2.28 bits per heavy atom. The molecular formula is C12H14N2O4. The molecule has 3 N–H and O–H groups in total. The van der Waals surface area contributed by atoms with Crippen molar-refractivity contribution in [2.24, 2.45) is 0 Å². The maximum Gasteiger partial charge on any atom is 0.327 e. The van der Waals surface area contributed by atoms with Gasteiger partial charge in [0.15, 0.2) is 0 Å².